The Balaban J connectivity index is 1.61. The number of anilines is 1. The Morgan fingerprint density at radius 2 is 1.82 bits per heavy atom. The van der Waals surface area contributed by atoms with E-state index in [1.54, 1.807) is 24.3 Å². The van der Waals surface area contributed by atoms with Crippen LogP contribution in [0.15, 0.2) is 71.7 Å². The minimum Gasteiger partial charge on any atom is -0.493 e. The molecule has 3 aromatic carbocycles. The number of carbonyl (C=O) groups excluding carboxylic acids is 2. The third kappa shape index (κ3) is 6.30. The van der Waals surface area contributed by atoms with Gasteiger partial charge in [0.1, 0.15) is 11.1 Å². The first kappa shape index (κ1) is 26.7. The van der Waals surface area contributed by atoms with Crippen LogP contribution in [0.4, 0.5) is 15.8 Å². The topological polar surface area (TPSA) is 118 Å². The van der Waals surface area contributed by atoms with Crippen LogP contribution >= 0.6 is 11.8 Å². The van der Waals surface area contributed by atoms with E-state index in [0.717, 1.165) is 17.3 Å². The van der Waals surface area contributed by atoms with Crippen LogP contribution in [0.25, 0.3) is 0 Å². The summed E-state index contributed by atoms with van der Waals surface area (Å²) in [6, 6.07) is 16.6. The fourth-order valence-corrected chi connectivity index (χ4v) is 4.84. The highest BCUT2D eigenvalue weighted by Gasteiger charge is 2.36. The minimum absolute atomic E-state index is 0.0230. The summed E-state index contributed by atoms with van der Waals surface area (Å²) in [5.74, 6) is -1.31. The van der Waals surface area contributed by atoms with Crippen molar-refractivity contribution in [3.05, 3.63) is 83.7 Å². The van der Waals surface area contributed by atoms with Crippen molar-refractivity contribution >= 4 is 46.1 Å². The zero-order valence-electron chi connectivity index (χ0n) is 20.5. The molecule has 1 unspecified atom stereocenters. The molecule has 9 nitrogen and oxygen atoms in total. The van der Waals surface area contributed by atoms with E-state index in [0.29, 0.717) is 22.9 Å². The molecule has 1 aliphatic rings. The zero-order valence-corrected chi connectivity index (χ0v) is 21.3. The number of methoxy groups -OCH3 is 2. The van der Waals surface area contributed by atoms with Gasteiger partial charge in [0.2, 0.25) is 11.8 Å². The van der Waals surface area contributed by atoms with Crippen molar-refractivity contribution in [2.24, 2.45) is 4.99 Å². The number of nitrogens with zero attached hydrogens (tertiary/aromatic N) is 2. The van der Waals surface area contributed by atoms with Crippen LogP contribution < -0.4 is 14.8 Å². The number of carbonyl (C=O) groups is 3. The minimum atomic E-state index is -1.12. The van der Waals surface area contributed by atoms with E-state index in [9.17, 15) is 23.9 Å². The highest BCUT2D eigenvalue weighted by atomic mass is 32.2. The van der Waals surface area contributed by atoms with Gasteiger partial charge in [0.25, 0.3) is 0 Å². The lowest BCUT2D eigenvalue weighted by Crippen LogP contribution is -2.44. The highest BCUT2D eigenvalue weighted by Crippen LogP contribution is 2.33. The summed E-state index contributed by atoms with van der Waals surface area (Å²) in [4.78, 5) is 43.6. The molecule has 1 heterocycles. The molecular weight excluding hydrogens is 513 g/mol. The second kappa shape index (κ2) is 11.8. The number of aromatic carboxylic acids is 1. The maximum absolute atomic E-state index is 13.4. The molecule has 0 spiro atoms. The van der Waals surface area contributed by atoms with Crippen molar-refractivity contribution in [1.82, 2.24) is 4.90 Å². The lowest BCUT2D eigenvalue weighted by molar-refractivity contribution is -0.129. The summed E-state index contributed by atoms with van der Waals surface area (Å²) in [7, 11) is 3.04. The summed E-state index contributed by atoms with van der Waals surface area (Å²) in [5, 5.41) is 11.3. The largest absolute Gasteiger partial charge is 0.493 e. The van der Waals surface area contributed by atoms with Gasteiger partial charge in [0, 0.05) is 12.1 Å². The maximum atomic E-state index is 13.4. The number of halogens is 1. The molecule has 1 atom stereocenters. The Morgan fingerprint density at radius 1 is 1.08 bits per heavy atom. The number of hydrogen-bond donors (Lipinski definition) is 2. The molecule has 2 amide bonds. The van der Waals surface area contributed by atoms with Crippen LogP contribution in [0, 0.1) is 5.82 Å². The Labute approximate surface area is 222 Å². The van der Waals surface area contributed by atoms with E-state index in [1.165, 1.54) is 61.6 Å². The predicted molar refractivity (Wildman–Crippen MR) is 142 cm³/mol. The van der Waals surface area contributed by atoms with Crippen molar-refractivity contribution in [1.29, 1.82) is 0 Å². The van der Waals surface area contributed by atoms with Crippen molar-refractivity contribution in [3.8, 4) is 11.5 Å². The predicted octanol–water partition coefficient (Wildman–Crippen LogP) is 4.70. The first-order chi connectivity index (χ1) is 18.3. The molecule has 0 aromatic heterocycles. The number of benzene rings is 3. The van der Waals surface area contributed by atoms with Crippen molar-refractivity contribution < 1.29 is 33.4 Å². The summed E-state index contributed by atoms with van der Waals surface area (Å²) in [6.45, 7) is 0.154. The Morgan fingerprint density at radius 3 is 2.50 bits per heavy atom. The number of carboxylic acid groups (broad SMARTS) is 1. The Bertz CT molecular complexity index is 1400. The van der Waals surface area contributed by atoms with Gasteiger partial charge in [-0.2, -0.15) is 0 Å². The van der Waals surface area contributed by atoms with E-state index in [1.807, 2.05) is 0 Å². The number of thioether (sulfide) groups is 1. The van der Waals surface area contributed by atoms with E-state index in [2.05, 4.69) is 10.3 Å². The van der Waals surface area contributed by atoms with Crippen molar-refractivity contribution in [3.63, 3.8) is 0 Å². The van der Waals surface area contributed by atoms with Crippen LogP contribution in [0.1, 0.15) is 22.3 Å². The van der Waals surface area contributed by atoms with Gasteiger partial charge in [-0.1, -0.05) is 23.9 Å². The summed E-state index contributed by atoms with van der Waals surface area (Å²) < 4.78 is 24.1. The lowest BCUT2D eigenvalue weighted by atomic mass is 10.1. The molecule has 1 aliphatic heterocycles. The molecule has 1 saturated heterocycles. The van der Waals surface area contributed by atoms with Gasteiger partial charge < -0.3 is 19.9 Å². The van der Waals surface area contributed by atoms with Gasteiger partial charge >= 0.3 is 5.97 Å². The number of ether oxygens (including phenoxy) is 2. The highest BCUT2D eigenvalue weighted by molar-refractivity contribution is 8.15. The zero-order chi connectivity index (χ0) is 27.2. The average molecular weight is 538 g/mol. The molecule has 0 radical (unpaired) electrons. The Hall–Kier alpha value is -4.38. The van der Waals surface area contributed by atoms with Gasteiger partial charge in [0.15, 0.2) is 16.7 Å². The van der Waals surface area contributed by atoms with Crippen molar-refractivity contribution in [2.75, 3.05) is 19.5 Å². The second-order valence-electron chi connectivity index (χ2n) is 8.23. The number of amidine groups is 1. The fraction of sp³-hybridized carbons (Fsp3) is 0.185. The standard InChI is InChI=1S/C27H24FN3O6S/c1-36-21-11-6-16(12-22(21)37-2)15-31-24(32)14-23(38-27(31)30-19-9-7-18(28)8-10-19)25(33)29-20-5-3-4-17(13-20)26(34)35/h3-13,23H,14-15H2,1-2H3,(H,29,33)(H,34,35). The van der Waals surface area contributed by atoms with Crippen LogP contribution in [-0.2, 0) is 16.1 Å². The average Bonchev–Trinajstić information content (AvgIpc) is 2.91. The Kier molecular flexibility index (Phi) is 8.27. The number of nitrogens with one attached hydrogen (secondary N) is 1. The molecule has 11 heteroatoms. The quantitative estimate of drug-likeness (QED) is 0.428. The second-order valence-corrected chi connectivity index (χ2v) is 9.40. The van der Waals surface area contributed by atoms with Crippen LogP contribution in [0.2, 0.25) is 0 Å². The molecule has 0 bridgehead atoms. The molecule has 2 N–H and O–H groups in total. The number of rotatable bonds is 8. The molecule has 0 aliphatic carbocycles. The third-order valence-electron chi connectivity index (χ3n) is 5.65. The van der Waals surface area contributed by atoms with Gasteiger partial charge in [-0.3, -0.25) is 14.5 Å². The lowest BCUT2D eigenvalue weighted by Gasteiger charge is -2.32. The molecular formula is C27H24FN3O6S. The van der Waals surface area contributed by atoms with E-state index in [-0.39, 0.29) is 29.6 Å². The molecule has 0 saturated carbocycles. The molecule has 1 fully saturated rings. The van der Waals surface area contributed by atoms with Crippen molar-refractivity contribution in [2.45, 2.75) is 18.2 Å². The van der Waals surface area contributed by atoms with Crippen LogP contribution in [0.3, 0.4) is 0 Å². The van der Waals surface area contributed by atoms with E-state index < -0.39 is 22.9 Å². The van der Waals surface area contributed by atoms with E-state index in [4.69, 9.17) is 9.47 Å². The maximum Gasteiger partial charge on any atom is 0.335 e. The van der Waals surface area contributed by atoms with Gasteiger partial charge in [-0.05, 0) is 60.2 Å². The fourth-order valence-electron chi connectivity index (χ4n) is 3.74. The number of aliphatic imine (C=N–C) groups is 1. The normalized spacial score (nSPS) is 16.3. The first-order valence-corrected chi connectivity index (χ1v) is 12.3. The molecule has 3 aromatic rings. The summed E-state index contributed by atoms with van der Waals surface area (Å²) in [5.41, 5.74) is 1.48. The molecule has 4 rings (SSSR count). The number of amides is 2. The molecule has 38 heavy (non-hydrogen) atoms. The first-order valence-electron chi connectivity index (χ1n) is 11.4. The van der Waals surface area contributed by atoms with Crippen LogP contribution in [-0.4, -0.2) is 52.4 Å². The monoisotopic (exact) mass is 537 g/mol. The van der Waals surface area contributed by atoms with Gasteiger partial charge in [-0.15, -0.1) is 0 Å². The SMILES string of the molecule is COc1ccc(CN2C(=O)CC(C(=O)Nc3cccc(C(=O)O)c3)SC2=Nc2ccc(F)cc2)cc1OC. The summed E-state index contributed by atoms with van der Waals surface area (Å²) >= 11 is 1.09. The molecule has 196 valence electrons. The smallest absolute Gasteiger partial charge is 0.335 e. The van der Waals surface area contributed by atoms with Crippen LogP contribution in [0.5, 0.6) is 11.5 Å². The van der Waals surface area contributed by atoms with Gasteiger partial charge in [-0.25, -0.2) is 14.2 Å². The third-order valence-corrected chi connectivity index (χ3v) is 6.84. The van der Waals surface area contributed by atoms with E-state index >= 15 is 0 Å². The van der Waals surface area contributed by atoms with Gasteiger partial charge in [0.05, 0.1) is 32.0 Å². The number of hydrogen-bond acceptors (Lipinski definition) is 7. The number of carboxylic acids is 1. The summed E-state index contributed by atoms with van der Waals surface area (Å²) in [6.07, 6.45) is -0.106.